The number of urea groups is 1. The van der Waals surface area contributed by atoms with E-state index in [0.717, 1.165) is 18.9 Å². The molecule has 0 saturated carbocycles. The normalized spacial score (nSPS) is 19.1. The van der Waals surface area contributed by atoms with Crippen LogP contribution in [0.25, 0.3) is 0 Å². The largest absolute Gasteiger partial charge is 0.351 e. The van der Waals surface area contributed by atoms with Gasteiger partial charge in [0.15, 0.2) is 0 Å². The minimum absolute atomic E-state index is 0.249. The lowest BCUT2D eigenvalue weighted by atomic mass is 10.2. The molecule has 0 unspecified atom stereocenters. The van der Waals surface area contributed by atoms with Gasteiger partial charge in [0.25, 0.3) is 0 Å². The van der Waals surface area contributed by atoms with Gasteiger partial charge >= 0.3 is 6.03 Å². The van der Waals surface area contributed by atoms with Crippen LogP contribution in [0.5, 0.6) is 0 Å². The van der Waals surface area contributed by atoms with E-state index in [2.05, 4.69) is 17.0 Å². The van der Waals surface area contributed by atoms with E-state index in [9.17, 15) is 4.79 Å². The highest BCUT2D eigenvalue weighted by Gasteiger charge is 2.33. The number of likely N-dealkylation sites (N-methyl/N-ethyl adjacent to an activating group) is 1. The number of amides is 2. The van der Waals surface area contributed by atoms with E-state index < -0.39 is 0 Å². The van der Waals surface area contributed by atoms with E-state index >= 15 is 0 Å². The minimum Gasteiger partial charge on any atom is -0.351 e. The van der Waals surface area contributed by atoms with Gasteiger partial charge in [-0.15, -0.1) is 0 Å². The summed E-state index contributed by atoms with van der Waals surface area (Å²) in [6.45, 7) is 2.81. The Balaban J connectivity index is 2.14. The first-order valence-electron chi connectivity index (χ1n) is 5.39. The van der Waals surface area contributed by atoms with Gasteiger partial charge < -0.3 is 10.6 Å². The van der Waals surface area contributed by atoms with Crippen molar-refractivity contribution in [2.75, 3.05) is 33.2 Å². The molecule has 1 aromatic heterocycles. The minimum atomic E-state index is -0.364. The van der Waals surface area contributed by atoms with Crippen LogP contribution in [0, 0.1) is 0 Å². The Morgan fingerprint density at radius 2 is 2.18 bits per heavy atom. The van der Waals surface area contributed by atoms with Crippen molar-refractivity contribution in [1.29, 1.82) is 0 Å². The Morgan fingerprint density at radius 1 is 1.53 bits per heavy atom. The van der Waals surface area contributed by atoms with Gasteiger partial charge in [-0.25, -0.2) is 9.78 Å². The lowest BCUT2D eigenvalue weighted by Gasteiger charge is -2.39. The van der Waals surface area contributed by atoms with E-state index in [1.165, 1.54) is 0 Å². The lowest BCUT2D eigenvalue weighted by Crippen LogP contribution is -2.60. The van der Waals surface area contributed by atoms with Crippen LogP contribution in [0.1, 0.15) is 0 Å². The standard InChI is InChI=1S/C10H14ClN5O/c1-16(8-2-3-13-9(11)14-8)6-4-15(5-7-16)10(12)17/h2-3H,4-7H2,1H3,(H-,12,17)/p+1. The van der Waals surface area contributed by atoms with Crippen molar-refractivity contribution in [3.05, 3.63) is 17.5 Å². The van der Waals surface area contributed by atoms with Gasteiger partial charge in [-0.2, -0.15) is 4.98 Å². The highest BCUT2D eigenvalue weighted by atomic mass is 35.5. The van der Waals surface area contributed by atoms with Crippen molar-refractivity contribution < 1.29 is 4.79 Å². The van der Waals surface area contributed by atoms with Gasteiger partial charge in [0.05, 0.1) is 20.1 Å². The van der Waals surface area contributed by atoms with Crippen molar-refractivity contribution in [1.82, 2.24) is 19.4 Å². The number of aromatic nitrogens is 2. The summed E-state index contributed by atoms with van der Waals surface area (Å²) in [6, 6.07) is 1.49. The molecular weight excluding hydrogens is 242 g/mol. The number of hydrogen-bond donors (Lipinski definition) is 1. The number of nitrogens with zero attached hydrogens (tertiary/aromatic N) is 4. The van der Waals surface area contributed by atoms with Crippen LogP contribution >= 0.6 is 11.6 Å². The van der Waals surface area contributed by atoms with E-state index in [1.54, 1.807) is 11.1 Å². The molecule has 0 aliphatic carbocycles. The molecule has 6 nitrogen and oxygen atoms in total. The van der Waals surface area contributed by atoms with E-state index in [1.807, 2.05) is 6.07 Å². The molecule has 2 amide bonds. The Labute approximate surface area is 105 Å². The average molecular weight is 257 g/mol. The van der Waals surface area contributed by atoms with Crippen LogP contribution in [0.3, 0.4) is 0 Å². The second-order valence-electron chi connectivity index (χ2n) is 4.35. The fraction of sp³-hybridized carbons (Fsp3) is 0.500. The van der Waals surface area contributed by atoms with Crippen LogP contribution in [-0.2, 0) is 0 Å². The molecule has 0 spiro atoms. The third kappa shape index (κ3) is 2.48. The van der Waals surface area contributed by atoms with E-state index in [4.69, 9.17) is 17.3 Å². The van der Waals surface area contributed by atoms with E-state index in [0.29, 0.717) is 17.6 Å². The molecule has 2 N–H and O–H groups in total. The van der Waals surface area contributed by atoms with Crippen molar-refractivity contribution in [2.24, 2.45) is 5.73 Å². The fourth-order valence-corrected chi connectivity index (χ4v) is 2.13. The molecule has 92 valence electrons. The van der Waals surface area contributed by atoms with Gasteiger partial charge in [-0.1, -0.05) is 0 Å². The van der Waals surface area contributed by atoms with Crippen LogP contribution in [0.15, 0.2) is 12.3 Å². The van der Waals surface area contributed by atoms with Gasteiger partial charge in [0.2, 0.25) is 11.1 Å². The zero-order chi connectivity index (χ0) is 12.5. The van der Waals surface area contributed by atoms with E-state index in [-0.39, 0.29) is 11.3 Å². The Kier molecular flexibility index (Phi) is 3.17. The molecule has 2 heterocycles. The number of primary amides is 1. The van der Waals surface area contributed by atoms with Gasteiger partial charge in [0.1, 0.15) is 13.1 Å². The zero-order valence-corrected chi connectivity index (χ0v) is 10.4. The summed E-state index contributed by atoms with van der Waals surface area (Å²) in [4.78, 5) is 20.8. The summed E-state index contributed by atoms with van der Waals surface area (Å²) in [5.41, 5.74) is 5.25. The average Bonchev–Trinajstić information content (AvgIpc) is 2.29. The van der Waals surface area contributed by atoms with Crippen molar-refractivity contribution in [3.63, 3.8) is 0 Å². The molecule has 1 aromatic rings. The number of halogens is 1. The molecule has 1 aliphatic heterocycles. The van der Waals surface area contributed by atoms with Gasteiger partial charge in [-0.3, -0.25) is 4.48 Å². The topological polar surface area (TPSA) is 72.1 Å². The first-order chi connectivity index (χ1) is 8.01. The van der Waals surface area contributed by atoms with Crippen LogP contribution < -0.4 is 10.2 Å². The molecule has 2 rings (SSSR count). The predicted octanol–water partition coefficient (Wildman–Crippen LogP) is 0.461. The second kappa shape index (κ2) is 4.46. The van der Waals surface area contributed by atoms with Crippen molar-refractivity contribution in [3.8, 4) is 0 Å². The van der Waals surface area contributed by atoms with Gasteiger partial charge in [0, 0.05) is 12.3 Å². The Hall–Kier alpha value is -1.40. The van der Waals surface area contributed by atoms with Crippen LogP contribution in [0.2, 0.25) is 5.28 Å². The maximum Gasteiger partial charge on any atom is 0.315 e. The molecule has 17 heavy (non-hydrogen) atoms. The molecule has 0 aromatic carbocycles. The molecule has 7 heteroatoms. The van der Waals surface area contributed by atoms with Crippen LogP contribution in [-0.4, -0.2) is 54.1 Å². The number of carbonyl (C=O) groups excluding carboxylic acids is 1. The monoisotopic (exact) mass is 256 g/mol. The summed E-state index contributed by atoms with van der Waals surface area (Å²) >= 11 is 5.79. The maximum absolute atomic E-state index is 11.1. The zero-order valence-electron chi connectivity index (χ0n) is 9.64. The number of piperazine rings is 1. The predicted molar refractivity (Wildman–Crippen MR) is 65.7 cm³/mol. The number of rotatable bonds is 1. The molecule has 0 atom stereocenters. The number of nitrogens with two attached hydrogens (primary N) is 1. The summed E-state index contributed by atoms with van der Waals surface area (Å²) in [6.07, 6.45) is 1.65. The Bertz CT molecular complexity index is 430. The van der Waals surface area contributed by atoms with Crippen molar-refractivity contribution in [2.45, 2.75) is 0 Å². The number of carbonyl (C=O) groups is 1. The first-order valence-corrected chi connectivity index (χ1v) is 5.77. The highest BCUT2D eigenvalue weighted by Crippen LogP contribution is 2.21. The summed E-state index contributed by atoms with van der Waals surface area (Å²) in [7, 11) is 2.07. The second-order valence-corrected chi connectivity index (χ2v) is 4.69. The number of quaternary nitrogens is 1. The van der Waals surface area contributed by atoms with Gasteiger partial charge in [-0.05, 0) is 11.6 Å². The Morgan fingerprint density at radius 3 is 2.71 bits per heavy atom. The summed E-state index contributed by atoms with van der Waals surface area (Å²) < 4.78 is 0.645. The molecule has 1 aliphatic rings. The molecule has 0 bridgehead atoms. The molecule has 1 fully saturated rings. The highest BCUT2D eigenvalue weighted by molar-refractivity contribution is 6.28. The third-order valence-electron chi connectivity index (χ3n) is 3.20. The third-order valence-corrected chi connectivity index (χ3v) is 3.39. The van der Waals surface area contributed by atoms with Crippen molar-refractivity contribution >= 4 is 23.4 Å². The summed E-state index contributed by atoms with van der Waals surface area (Å²) in [5.74, 6) is 0.870. The number of hydrogen-bond acceptors (Lipinski definition) is 3. The quantitative estimate of drug-likeness (QED) is 0.586. The lowest BCUT2D eigenvalue weighted by molar-refractivity contribution is 0.160. The fourth-order valence-electron chi connectivity index (χ4n) is 1.98. The summed E-state index contributed by atoms with van der Waals surface area (Å²) in [5, 5.41) is 0.249. The first kappa shape index (κ1) is 12.1. The smallest absolute Gasteiger partial charge is 0.315 e. The SMILES string of the molecule is C[N+]1(c2ccnc(Cl)n2)CCN(C(N)=O)CC1. The molecule has 0 radical (unpaired) electrons. The molecule has 1 saturated heterocycles. The maximum atomic E-state index is 11.1. The van der Waals surface area contributed by atoms with Crippen LogP contribution in [0.4, 0.5) is 10.6 Å². The molecular formula is C10H15ClN5O+.